The summed E-state index contributed by atoms with van der Waals surface area (Å²) < 4.78 is 0. The highest BCUT2D eigenvalue weighted by Gasteiger charge is 2.11. The molecule has 4 nitrogen and oxygen atoms in total. The van der Waals surface area contributed by atoms with E-state index in [0.29, 0.717) is 12.2 Å². The molecule has 0 fully saturated rings. The Balaban J connectivity index is 1.53. The molecule has 0 saturated heterocycles. The molecule has 0 atom stereocenters. The SMILES string of the molecule is O=C(NCc1cncc(-c2cccs2)c1)c1nccc2ccccc12. The van der Waals surface area contributed by atoms with E-state index in [0.717, 1.165) is 26.8 Å². The average molecular weight is 345 g/mol. The Labute approximate surface area is 149 Å². The fourth-order valence-electron chi connectivity index (χ4n) is 2.73. The molecule has 1 amide bonds. The summed E-state index contributed by atoms with van der Waals surface area (Å²) >= 11 is 1.67. The lowest BCUT2D eigenvalue weighted by Crippen LogP contribution is -2.24. The first-order valence-electron chi connectivity index (χ1n) is 7.91. The van der Waals surface area contributed by atoms with E-state index in [-0.39, 0.29) is 5.91 Å². The summed E-state index contributed by atoms with van der Waals surface area (Å²) in [5.74, 6) is -0.182. The smallest absolute Gasteiger partial charge is 0.270 e. The van der Waals surface area contributed by atoms with E-state index in [1.54, 1.807) is 23.7 Å². The number of hydrogen-bond donors (Lipinski definition) is 1. The van der Waals surface area contributed by atoms with Gasteiger partial charge in [0.25, 0.3) is 5.91 Å². The van der Waals surface area contributed by atoms with Crippen molar-refractivity contribution in [2.24, 2.45) is 0 Å². The number of aromatic nitrogens is 2. The lowest BCUT2D eigenvalue weighted by atomic mass is 10.1. The average Bonchev–Trinajstić information content (AvgIpc) is 3.21. The van der Waals surface area contributed by atoms with Crippen LogP contribution in [-0.4, -0.2) is 15.9 Å². The molecule has 0 bridgehead atoms. The van der Waals surface area contributed by atoms with Crippen molar-refractivity contribution in [1.29, 1.82) is 0 Å². The predicted molar refractivity (Wildman–Crippen MR) is 100 cm³/mol. The summed E-state index contributed by atoms with van der Waals surface area (Å²) in [6, 6.07) is 15.8. The topological polar surface area (TPSA) is 54.9 Å². The molecule has 0 aliphatic heterocycles. The van der Waals surface area contributed by atoms with E-state index in [1.807, 2.05) is 48.0 Å². The number of nitrogens with zero attached hydrogens (tertiary/aromatic N) is 2. The molecule has 3 aromatic heterocycles. The molecular formula is C20H15N3OS. The van der Waals surface area contributed by atoms with Crippen molar-refractivity contribution in [2.75, 3.05) is 0 Å². The van der Waals surface area contributed by atoms with Crippen LogP contribution in [0, 0.1) is 0 Å². The lowest BCUT2D eigenvalue weighted by Gasteiger charge is -2.08. The third-order valence-corrected chi connectivity index (χ3v) is 4.86. The number of fused-ring (bicyclic) bond motifs is 1. The number of carbonyl (C=O) groups is 1. The van der Waals surface area contributed by atoms with E-state index in [4.69, 9.17) is 0 Å². The number of carbonyl (C=O) groups excluding carboxylic acids is 1. The second-order valence-corrected chi connectivity index (χ2v) is 6.57. The van der Waals surface area contributed by atoms with Crippen LogP contribution in [0.3, 0.4) is 0 Å². The molecule has 122 valence electrons. The lowest BCUT2D eigenvalue weighted by molar-refractivity contribution is 0.0948. The van der Waals surface area contributed by atoms with Crippen molar-refractivity contribution < 1.29 is 4.79 Å². The summed E-state index contributed by atoms with van der Waals surface area (Å²) in [6.45, 7) is 0.413. The molecular weight excluding hydrogens is 330 g/mol. The Kier molecular flexibility index (Phi) is 4.23. The predicted octanol–water partition coefficient (Wildman–Crippen LogP) is 4.29. The van der Waals surface area contributed by atoms with E-state index < -0.39 is 0 Å². The van der Waals surface area contributed by atoms with Gasteiger partial charge in [-0.15, -0.1) is 11.3 Å². The van der Waals surface area contributed by atoms with Gasteiger partial charge in [-0.2, -0.15) is 0 Å². The third kappa shape index (κ3) is 3.27. The van der Waals surface area contributed by atoms with Crippen LogP contribution in [0.4, 0.5) is 0 Å². The molecule has 5 heteroatoms. The first kappa shape index (κ1) is 15.5. The Hall–Kier alpha value is -3.05. The van der Waals surface area contributed by atoms with Crippen molar-refractivity contribution in [2.45, 2.75) is 6.54 Å². The Morgan fingerprint density at radius 3 is 2.88 bits per heavy atom. The van der Waals surface area contributed by atoms with Crippen LogP contribution in [-0.2, 0) is 6.54 Å². The Bertz CT molecular complexity index is 1020. The minimum atomic E-state index is -0.182. The molecule has 1 N–H and O–H groups in total. The van der Waals surface area contributed by atoms with Crippen LogP contribution < -0.4 is 5.32 Å². The van der Waals surface area contributed by atoms with Gasteiger partial charge in [-0.05, 0) is 34.5 Å². The van der Waals surface area contributed by atoms with Crippen LogP contribution in [0.15, 0.2) is 72.5 Å². The number of amides is 1. The first-order valence-corrected chi connectivity index (χ1v) is 8.79. The third-order valence-electron chi connectivity index (χ3n) is 3.94. The molecule has 0 unspecified atom stereocenters. The van der Waals surface area contributed by atoms with Crippen LogP contribution in [0.1, 0.15) is 16.1 Å². The standard InChI is InChI=1S/C20H15N3OS/c24-20(19-17-5-2-1-4-15(17)7-8-22-19)23-12-14-10-16(13-21-11-14)18-6-3-9-25-18/h1-11,13H,12H2,(H,23,24). The molecule has 4 aromatic rings. The monoisotopic (exact) mass is 345 g/mol. The van der Waals surface area contributed by atoms with Crippen LogP contribution in [0.2, 0.25) is 0 Å². The van der Waals surface area contributed by atoms with E-state index in [2.05, 4.69) is 27.4 Å². The largest absolute Gasteiger partial charge is 0.347 e. The van der Waals surface area contributed by atoms with Gasteiger partial charge in [0.15, 0.2) is 0 Å². The van der Waals surface area contributed by atoms with Crippen molar-refractivity contribution in [3.63, 3.8) is 0 Å². The minimum Gasteiger partial charge on any atom is -0.347 e. The van der Waals surface area contributed by atoms with Gasteiger partial charge in [-0.1, -0.05) is 30.3 Å². The van der Waals surface area contributed by atoms with Crippen molar-refractivity contribution in [1.82, 2.24) is 15.3 Å². The zero-order chi connectivity index (χ0) is 17.1. The number of pyridine rings is 2. The number of rotatable bonds is 4. The van der Waals surface area contributed by atoms with Crippen molar-refractivity contribution in [3.05, 3.63) is 83.8 Å². The number of hydrogen-bond acceptors (Lipinski definition) is 4. The summed E-state index contributed by atoms with van der Waals surface area (Å²) in [6.07, 6.45) is 5.27. The maximum Gasteiger partial charge on any atom is 0.270 e. The minimum absolute atomic E-state index is 0.182. The number of benzene rings is 1. The van der Waals surface area contributed by atoms with Crippen molar-refractivity contribution in [3.8, 4) is 10.4 Å². The highest BCUT2D eigenvalue weighted by atomic mass is 32.1. The molecule has 25 heavy (non-hydrogen) atoms. The van der Waals surface area contributed by atoms with Crippen LogP contribution >= 0.6 is 11.3 Å². The van der Waals surface area contributed by atoms with Gasteiger partial charge in [0, 0.05) is 41.0 Å². The summed E-state index contributed by atoms with van der Waals surface area (Å²) in [5.41, 5.74) is 2.46. The zero-order valence-electron chi connectivity index (χ0n) is 13.3. The van der Waals surface area contributed by atoms with E-state index in [9.17, 15) is 4.79 Å². The molecule has 0 radical (unpaired) electrons. The molecule has 1 aromatic carbocycles. The van der Waals surface area contributed by atoms with Gasteiger partial charge in [-0.3, -0.25) is 14.8 Å². The van der Waals surface area contributed by atoms with Gasteiger partial charge in [0.2, 0.25) is 0 Å². The van der Waals surface area contributed by atoms with Crippen molar-refractivity contribution >= 4 is 28.0 Å². The first-order chi connectivity index (χ1) is 12.3. The maximum absolute atomic E-state index is 12.6. The highest BCUT2D eigenvalue weighted by molar-refractivity contribution is 7.13. The fourth-order valence-corrected chi connectivity index (χ4v) is 3.44. The van der Waals surface area contributed by atoms with Gasteiger partial charge >= 0.3 is 0 Å². The molecule has 0 aliphatic rings. The summed E-state index contributed by atoms with van der Waals surface area (Å²) in [4.78, 5) is 22.2. The molecule has 0 saturated carbocycles. The molecule has 0 aliphatic carbocycles. The van der Waals surface area contributed by atoms with Gasteiger partial charge in [0.05, 0.1) is 0 Å². The highest BCUT2D eigenvalue weighted by Crippen LogP contribution is 2.24. The van der Waals surface area contributed by atoms with Gasteiger partial charge in [0.1, 0.15) is 5.69 Å². The molecule has 0 spiro atoms. The number of thiophene rings is 1. The Morgan fingerprint density at radius 2 is 2.00 bits per heavy atom. The summed E-state index contributed by atoms with van der Waals surface area (Å²) in [7, 11) is 0. The second kappa shape index (κ2) is 6.83. The zero-order valence-corrected chi connectivity index (χ0v) is 14.2. The maximum atomic E-state index is 12.6. The number of nitrogens with one attached hydrogen (secondary N) is 1. The molecule has 3 heterocycles. The second-order valence-electron chi connectivity index (χ2n) is 5.62. The fraction of sp³-hybridized carbons (Fsp3) is 0.0500. The van der Waals surface area contributed by atoms with Crippen LogP contribution in [0.25, 0.3) is 21.2 Å². The van der Waals surface area contributed by atoms with Crippen LogP contribution in [0.5, 0.6) is 0 Å². The van der Waals surface area contributed by atoms with E-state index >= 15 is 0 Å². The normalized spacial score (nSPS) is 10.7. The van der Waals surface area contributed by atoms with E-state index in [1.165, 1.54) is 0 Å². The summed E-state index contributed by atoms with van der Waals surface area (Å²) in [5, 5.41) is 6.84. The molecule has 4 rings (SSSR count). The Morgan fingerprint density at radius 1 is 1.08 bits per heavy atom. The van der Waals surface area contributed by atoms with Gasteiger partial charge < -0.3 is 5.32 Å². The van der Waals surface area contributed by atoms with Gasteiger partial charge in [-0.25, -0.2) is 0 Å². The quantitative estimate of drug-likeness (QED) is 0.600.